The number of anilines is 2. The first-order valence-electron chi connectivity index (χ1n) is 15.6. The summed E-state index contributed by atoms with van der Waals surface area (Å²) in [5.74, 6) is 0.448. The van der Waals surface area contributed by atoms with Gasteiger partial charge in [-0.3, -0.25) is 4.79 Å². The Morgan fingerprint density at radius 1 is 0.978 bits per heavy atom. The molecule has 3 aliphatic rings. The second-order valence-electron chi connectivity index (χ2n) is 13.2. The van der Waals surface area contributed by atoms with Gasteiger partial charge in [-0.15, -0.1) is 0 Å². The minimum Gasteiger partial charge on any atom is -0.444 e. The van der Waals surface area contributed by atoms with Crippen LogP contribution in [0.5, 0.6) is 0 Å². The summed E-state index contributed by atoms with van der Waals surface area (Å²) in [6.45, 7) is 8.13. The van der Waals surface area contributed by atoms with Gasteiger partial charge in [-0.1, -0.05) is 18.2 Å². The first-order chi connectivity index (χ1) is 21.8. The number of hydrogen-bond acceptors (Lipinski definition) is 7. The molecule has 46 heavy (non-hydrogen) atoms. The van der Waals surface area contributed by atoms with Crippen molar-refractivity contribution < 1.29 is 27.5 Å². The van der Waals surface area contributed by atoms with Gasteiger partial charge in [0.2, 0.25) is 5.91 Å². The van der Waals surface area contributed by atoms with Crippen molar-refractivity contribution in [3.05, 3.63) is 71.9 Å². The van der Waals surface area contributed by atoms with Crippen molar-refractivity contribution in [1.82, 2.24) is 14.2 Å². The Labute approximate surface area is 271 Å². The first kappa shape index (κ1) is 32.2. The number of nitrogens with one attached hydrogen (secondary N) is 2. The topological polar surface area (TPSA) is 86.8 Å². The normalized spacial score (nSPS) is 18.7. The van der Waals surface area contributed by atoms with Gasteiger partial charge in [0.1, 0.15) is 11.4 Å². The van der Waals surface area contributed by atoms with E-state index >= 15 is 0 Å². The predicted molar refractivity (Wildman–Crippen MR) is 173 cm³/mol. The smallest absolute Gasteiger partial charge is 0.417 e. The van der Waals surface area contributed by atoms with Gasteiger partial charge in [0.25, 0.3) is 0 Å². The van der Waals surface area contributed by atoms with E-state index in [1.54, 1.807) is 16.8 Å². The number of halogens is 3. The maximum Gasteiger partial charge on any atom is 0.417 e. The van der Waals surface area contributed by atoms with Crippen molar-refractivity contribution >= 4 is 35.5 Å². The summed E-state index contributed by atoms with van der Waals surface area (Å²) in [5, 5.41) is 6.33. The molecule has 8 nitrogen and oxygen atoms in total. The number of piperidine rings is 2. The van der Waals surface area contributed by atoms with Crippen molar-refractivity contribution in [3.63, 3.8) is 0 Å². The second-order valence-corrected chi connectivity index (χ2v) is 14.3. The highest BCUT2D eigenvalue weighted by atomic mass is 32.2. The molecule has 0 aliphatic carbocycles. The summed E-state index contributed by atoms with van der Waals surface area (Å²) in [4.78, 5) is 32.6. The molecule has 0 unspecified atom stereocenters. The Bertz CT molecular complexity index is 1580. The number of rotatable bonds is 5. The molecule has 2 amide bonds. The molecule has 0 bridgehead atoms. The van der Waals surface area contributed by atoms with Crippen LogP contribution < -0.4 is 10.6 Å². The van der Waals surface area contributed by atoms with Crippen LogP contribution in [-0.2, 0) is 21.1 Å². The number of alkyl halides is 3. The highest BCUT2D eigenvalue weighted by Crippen LogP contribution is 2.46. The van der Waals surface area contributed by atoms with E-state index in [4.69, 9.17) is 4.74 Å². The molecule has 0 radical (unpaired) electrons. The molecule has 3 aliphatic heterocycles. The molecule has 3 aromatic rings. The molecule has 1 aromatic heterocycles. The number of carbonyl (C=O) groups excluding carboxylic acids is 2. The summed E-state index contributed by atoms with van der Waals surface area (Å²) in [5.41, 5.74) is 1.92. The quantitative estimate of drug-likeness (QED) is 0.275. The first-order valence-corrected chi connectivity index (χ1v) is 16.3. The van der Waals surface area contributed by atoms with E-state index < -0.39 is 22.8 Å². The fraction of sp³-hybridized carbons (Fsp3) is 0.441. The van der Waals surface area contributed by atoms with Gasteiger partial charge in [0.15, 0.2) is 0 Å². The van der Waals surface area contributed by atoms with Gasteiger partial charge in [-0.2, -0.15) is 13.2 Å². The van der Waals surface area contributed by atoms with Crippen LogP contribution in [0.25, 0.3) is 11.1 Å². The molecule has 2 fully saturated rings. The van der Waals surface area contributed by atoms with Crippen LogP contribution in [0.4, 0.5) is 29.5 Å². The van der Waals surface area contributed by atoms with Crippen LogP contribution in [0.3, 0.4) is 0 Å². The molecule has 1 spiro atoms. The molecule has 2 saturated heterocycles. The third kappa shape index (κ3) is 6.97. The van der Waals surface area contributed by atoms with E-state index in [-0.39, 0.29) is 18.0 Å². The summed E-state index contributed by atoms with van der Waals surface area (Å²) in [7, 11) is 0. The van der Waals surface area contributed by atoms with E-state index in [9.17, 15) is 22.8 Å². The largest absolute Gasteiger partial charge is 0.444 e. The van der Waals surface area contributed by atoms with E-state index in [2.05, 4.69) is 50.3 Å². The molecular weight excluding hydrogens is 615 g/mol. The monoisotopic (exact) mass is 653 g/mol. The maximum atomic E-state index is 13.3. The Kier molecular flexibility index (Phi) is 8.71. The average Bonchev–Trinajstić information content (AvgIpc) is 3.27. The zero-order valence-electron chi connectivity index (χ0n) is 26.1. The number of nitrogens with zero attached hydrogens (tertiary/aromatic N) is 3. The van der Waals surface area contributed by atoms with Crippen molar-refractivity contribution in [2.75, 3.05) is 36.8 Å². The fourth-order valence-electron chi connectivity index (χ4n) is 6.29. The zero-order valence-corrected chi connectivity index (χ0v) is 26.9. The second kappa shape index (κ2) is 12.4. The van der Waals surface area contributed by atoms with E-state index in [0.29, 0.717) is 31.7 Å². The number of likely N-dealkylation sites (tertiary alicyclic amines) is 1. The summed E-state index contributed by atoms with van der Waals surface area (Å²) in [6, 6.07) is 17.1. The molecule has 12 heteroatoms. The van der Waals surface area contributed by atoms with Crippen LogP contribution in [0.1, 0.15) is 57.6 Å². The van der Waals surface area contributed by atoms with Gasteiger partial charge >= 0.3 is 12.3 Å². The Morgan fingerprint density at radius 3 is 2.26 bits per heavy atom. The van der Waals surface area contributed by atoms with Gasteiger partial charge in [0.05, 0.1) is 11.0 Å². The molecule has 2 aromatic carbocycles. The van der Waals surface area contributed by atoms with Crippen molar-refractivity contribution in [3.8, 4) is 11.1 Å². The van der Waals surface area contributed by atoms with Crippen molar-refractivity contribution in [2.24, 2.45) is 0 Å². The fourth-order valence-corrected chi connectivity index (χ4v) is 7.24. The third-order valence-corrected chi connectivity index (χ3v) is 9.91. The average molecular weight is 654 g/mol. The van der Waals surface area contributed by atoms with Gasteiger partial charge in [-0.05, 0) is 111 Å². The highest BCUT2D eigenvalue weighted by molar-refractivity contribution is 7.97. The molecular formula is C34H38F3N5O3S. The lowest BCUT2D eigenvalue weighted by Gasteiger charge is -2.38. The van der Waals surface area contributed by atoms with Crippen molar-refractivity contribution in [1.29, 1.82) is 0 Å². The Balaban J connectivity index is 1.05. The van der Waals surface area contributed by atoms with E-state index in [1.807, 2.05) is 32.9 Å². The number of ether oxygens (including phenoxy) is 1. The van der Waals surface area contributed by atoms with Crippen molar-refractivity contribution in [2.45, 2.75) is 74.6 Å². The van der Waals surface area contributed by atoms with E-state index in [0.717, 1.165) is 65.5 Å². The standard InChI is InChI=1S/C34H38F3N5O3S/c1-32(2,3)45-31(44)41-18-14-33(15-19-41)27-20-23(6-10-28(27)40-30(33)43)22-4-8-26(9-5-22)46-42-16-12-25(13-17-42)39-29-11-7-24(21-38-29)34(35,36)37/h4-11,20-21,25H,12-19H2,1-3H3,(H,38,39)(H,40,43). The molecule has 0 atom stereocenters. The van der Waals surface area contributed by atoms with E-state index in [1.165, 1.54) is 6.07 Å². The van der Waals surface area contributed by atoms with Crippen LogP contribution >= 0.6 is 11.9 Å². The number of benzene rings is 2. The molecule has 244 valence electrons. The SMILES string of the molecule is CC(C)(C)OC(=O)N1CCC2(CC1)C(=O)Nc1ccc(-c3ccc(SN4CCC(Nc5ccc(C(F)(F)F)cn5)CC4)cc3)cc12. The lowest BCUT2D eigenvalue weighted by atomic mass is 9.73. The summed E-state index contributed by atoms with van der Waals surface area (Å²) >= 11 is 1.69. The number of hydrogen-bond donors (Lipinski definition) is 2. The molecule has 2 N–H and O–H groups in total. The van der Waals surface area contributed by atoms with Gasteiger partial charge in [-0.25, -0.2) is 14.1 Å². The van der Waals surface area contributed by atoms with Gasteiger partial charge in [0, 0.05) is 49.0 Å². The lowest BCUT2D eigenvalue weighted by Crippen LogP contribution is -2.49. The van der Waals surface area contributed by atoms with Crippen LogP contribution in [0.2, 0.25) is 0 Å². The minimum atomic E-state index is -4.39. The predicted octanol–water partition coefficient (Wildman–Crippen LogP) is 7.57. The van der Waals surface area contributed by atoms with Crippen LogP contribution in [0.15, 0.2) is 65.7 Å². The molecule has 0 saturated carbocycles. The van der Waals surface area contributed by atoms with Crippen LogP contribution in [-0.4, -0.2) is 64.0 Å². The number of aromatic nitrogens is 1. The minimum absolute atomic E-state index is 0.00942. The highest BCUT2D eigenvalue weighted by Gasteiger charge is 2.49. The number of fused-ring (bicyclic) bond motifs is 2. The third-order valence-electron chi connectivity index (χ3n) is 8.81. The Morgan fingerprint density at radius 2 is 1.65 bits per heavy atom. The molecule has 4 heterocycles. The maximum absolute atomic E-state index is 13.3. The summed E-state index contributed by atoms with van der Waals surface area (Å²) in [6.07, 6.45) is -1.08. The van der Waals surface area contributed by atoms with Gasteiger partial charge < -0.3 is 20.3 Å². The van der Waals surface area contributed by atoms with Crippen LogP contribution in [0, 0.1) is 0 Å². The number of pyridine rings is 1. The number of amides is 2. The summed E-state index contributed by atoms with van der Waals surface area (Å²) < 4.78 is 46.3. The molecule has 6 rings (SSSR count). The zero-order chi connectivity index (χ0) is 32.7. The lowest BCUT2D eigenvalue weighted by molar-refractivity contribution is -0.137. The Hall–Kier alpha value is -3.77. The number of carbonyl (C=O) groups is 2.